The summed E-state index contributed by atoms with van der Waals surface area (Å²) in [6, 6.07) is 6.49. The van der Waals surface area contributed by atoms with Gasteiger partial charge in [-0.2, -0.15) is 5.26 Å². The fourth-order valence-electron chi connectivity index (χ4n) is 4.64. The summed E-state index contributed by atoms with van der Waals surface area (Å²) in [6.07, 6.45) is 6.28. The lowest BCUT2D eigenvalue weighted by Gasteiger charge is -2.36. The molecule has 1 saturated carbocycles. The number of nitrogen functional groups attached to an aromatic ring is 1. The van der Waals surface area contributed by atoms with Crippen molar-refractivity contribution in [3.63, 3.8) is 0 Å². The number of nitrogens with one attached hydrogen (secondary N) is 1. The number of aromatic nitrogens is 2. The van der Waals surface area contributed by atoms with Gasteiger partial charge in [0.1, 0.15) is 24.4 Å². The van der Waals surface area contributed by atoms with Crippen LogP contribution < -0.4 is 21.5 Å². The van der Waals surface area contributed by atoms with Crippen molar-refractivity contribution in [3.05, 3.63) is 29.6 Å². The van der Waals surface area contributed by atoms with Gasteiger partial charge >= 0.3 is 0 Å². The van der Waals surface area contributed by atoms with Crippen LogP contribution in [0.1, 0.15) is 50.7 Å². The summed E-state index contributed by atoms with van der Waals surface area (Å²) >= 11 is 0. The van der Waals surface area contributed by atoms with Crippen molar-refractivity contribution >= 4 is 11.5 Å². The summed E-state index contributed by atoms with van der Waals surface area (Å²) in [7, 11) is 0. The number of hydrogen-bond acceptors (Lipinski definition) is 7. The SMILES string of the molecule is CC1(C)Cc2c(ccc(OC3CCC(N)CC3)c2NCC#N)-c2ncnc(N)c21. The topological polar surface area (TPSA) is 123 Å². The number of anilines is 2. The molecule has 1 heterocycles. The zero-order valence-electron chi connectivity index (χ0n) is 17.0. The van der Waals surface area contributed by atoms with Gasteiger partial charge in [0.2, 0.25) is 0 Å². The second-order valence-corrected chi connectivity index (χ2v) is 8.67. The fraction of sp³-hybridized carbons (Fsp3) is 0.500. The van der Waals surface area contributed by atoms with Crippen LogP contribution in [0.15, 0.2) is 18.5 Å². The minimum Gasteiger partial charge on any atom is -0.488 e. The molecule has 2 aromatic rings. The highest BCUT2D eigenvalue weighted by Crippen LogP contribution is 2.48. The Morgan fingerprint density at radius 1 is 1.24 bits per heavy atom. The monoisotopic (exact) mass is 392 g/mol. The first-order valence-electron chi connectivity index (χ1n) is 10.2. The number of nitriles is 1. The molecule has 0 atom stereocenters. The molecule has 1 aromatic carbocycles. The van der Waals surface area contributed by atoms with E-state index in [2.05, 4.69) is 41.3 Å². The highest BCUT2D eigenvalue weighted by Gasteiger charge is 2.36. The second kappa shape index (κ2) is 7.53. The largest absolute Gasteiger partial charge is 0.488 e. The maximum atomic E-state index is 9.17. The standard InChI is InChI=1S/C22H28N6O/c1-22(2)11-16-15(20-18(22)21(25)28-12-27-20)7-8-17(19(16)26-10-9-23)29-14-5-3-13(24)4-6-14/h7-8,12-14,26H,3-6,10-11,24H2,1-2H3,(H2,25,27,28). The number of rotatable bonds is 4. The average Bonchev–Trinajstić information content (AvgIpc) is 2.68. The van der Waals surface area contributed by atoms with Gasteiger partial charge in [-0.1, -0.05) is 13.8 Å². The predicted octanol–water partition coefficient (Wildman–Crippen LogP) is 3.14. The van der Waals surface area contributed by atoms with Gasteiger partial charge in [-0.25, -0.2) is 9.97 Å². The third-order valence-corrected chi connectivity index (χ3v) is 6.06. The summed E-state index contributed by atoms with van der Waals surface area (Å²) in [4.78, 5) is 8.76. The first kappa shape index (κ1) is 19.5. The van der Waals surface area contributed by atoms with Gasteiger partial charge in [-0.15, -0.1) is 0 Å². The molecule has 1 aromatic heterocycles. The molecule has 0 amide bonds. The Hall–Kier alpha value is -2.85. The third-order valence-electron chi connectivity index (χ3n) is 6.06. The maximum Gasteiger partial charge on any atom is 0.143 e. The molecule has 7 heteroatoms. The van der Waals surface area contributed by atoms with Crippen molar-refractivity contribution in [1.82, 2.24) is 9.97 Å². The Kier molecular flexibility index (Phi) is 5.05. The van der Waals surface area contributed by atoms with Crippen LogP contribution in [-0.2, 0) is 11.8 Å². The van der Waals surface area contributed by atoms with Crippen LogP contribution in [-0.4, -0.2) is 28.7 Å². The molecule has 0 aliphatic heterocycles. The van der Waals surface area contributed by atoms with Gasteiger partial charge < -0.3 is 21.5 Å². The molecule has 0 radical (unpaired) electrons. The van der Waals surface area contributed by atoms with Gasteiger partial charge in [0, 0.05) is 17.2 Å². The van der Waals surface area contributed by atoms with Crippen LogP contribution in [0.4, 0.5) is 11.5 Å². The number of hydrogen-bond donors (Lipinski definition) is 3. The lowest BCUT2D eigenvalue weighted by molar-refractivity contribution is 0.148. The van der Waals surface area contributed by atoms with E-state index in [4.69, 9.17) is 21.5 Å². The predicted molar refractivity (Wildman–Crippen MR) is 114 cm³/mol. The Morgan fingerprint density at radius 3 is 2.72 bits per heavy atom. The smallest absolute Gasteiger partial charge is 0.143 e. The molecule has 0 unspecified atom stereocenters. The van der Waals surface area contributed by atoms with Crippen LogP contribution in [0.3, 0.4) is 0 Å². The zero-order valence-corrected chi connectivity index (χ0v) is 17.0. The quantitative estimate of drug-likeness (QED) is 0.683. The summed E-state index contributed by atoms with van der Waals surface area (Å²) in [5, 5.41) is 12.5. The van der Waals surface area contributed by atoms with Crippen LogP contribution in [0.5, 0.6) is 5.75 Å². The number of nitrogens with two attached hydrogens (primary N) is 2. The molecule has 152 valence electrons. The third kappa shape index (κ3) is 3.60. The molecular formula is C22H28N6O. The van der Waals surface area contributed by atoms with Crippen LogP contribution >= 0.6 is 0 Å². The van der Waals surface area contributed by atoms with E-state index in [1.807, 2.05) is 6.07 Å². The minimum absolute atomic E-state index is 0.150. The van der Waals surface area contributed by atoms with Crippen LogP contribution in [0, 0.1) is 11.3 Å². The first-order valence-corrected chi connectivity index (χ1v) is 10.2. The number of benzene rings is 1. The van der Waals surface area contributed by atoms with E-state index < -0.39 is 0 Å². The van der Waals surface area contributed by atoms with E-state index in [1.165, 1.54) is 6.33 Å². The molecule has 2 aliphatic carbocycles. The summed E-state index contributed by atoms with van der Waals surface area (Å²) in [5.41, 5.74) is 16.9. The lowest BCUT2D eigenvalue weighted by atomic mass is 9.71. The first-order chi connectivity index (χ1) is 13.9. The molecule has 0 saturated heterocycles. The number of fused-ring (bicyclic) bond motifs is 3. The normalized spacial score (nSPS) is 22.1. The Bertz CT molecular complexity index is 957. The van der Waals surface area contributed by atoms with Crippen molar-refractivity contribution < 1.29 is 4.74 Å². The van der Waals surface area contributed by atoms with Gasteiger partial charge in [0.25, 0.3) is 0 Å². The molecule has 2 aliphatic rings. The summed E-state index contributed by atoms with van der Waals surface area (Å²) in [6.45, 7) is 4.51. The van der Waals surface area contributed by atoms with Gasteiger partial charge in [0.15, 0.2) is 0 Å². The van der Waals surface area contributed by atoms with E-state index in [-0.39, 0.29) is 24.1 Å². The molecule has 29 heavy (non-hydrogen) atoms. The highest BCUT2D eigenvalue weighted by molar-refractivity contribution is 5.82. The van der Waals surface area contributed by atoms with Gasteiger partial charge in [-0.05, 0) is 55.2 Å². The summed E-state index contributed by atoms with van der Waals surface area (Å²) < 4.78 is 6.39. The minimum atomic E-state index is -0.229. The number of nitrogens with zero attached hydrogens (tertiary/aromatic N) is 3. The van der Waals surface area contributed by atoms with Crippen molar-refractivity contribution in [1.29, 1.82) is 5.26 Å². The Balaban J connectivity index is 1.78. The molecule has 0 bridgehead atoms. The van der Waals surface area contributed by atoms with E-state index in [0.29, 0.717) is 5.82 Å². The Labute approximate surface area is 171 Å². The van der Waals surface area contributed by atoms with E-state index in [0.717, 1.165) is 65.9 Å². The molecule has 1 fully saturated rings. The van der Waals surface area contributed by atoms with Crippen molar-refractivity contribution in [2.24, 2.45) is 5.73 Å². The molecular weight excluding hydrogens is 364 g/mol. The van der Waals surface area contributed by atoms with Crippen molar-refractivity contribution in [2.75, 3.05) is 17.6 Å². The molecule has 0 spiro atoms. The van der Waals surface area contributed by atoms with Crippen molar-refractivity contribution in [2.45, 2.75) is 63.5 Å². The Morgan fingerprint density at radius 2 is 2.00 bits per heavy atom. The van der Waals surface area contributed by atoms with Gasteiger partial charge in [-0.3, -0.25) is 0 Å². The molecule has 5 N–H and O–H groups in total. The van der Waals surface area contributed by atoms with Crippen LogP contribution in [0.2, 0.25) is 0 Å². The van der Waals surface area contributed by atoms with Gasteiger partial charge in [0.05, 0.1) is 23.6 Å². The molecule has 4 rings (SSSR count). The van der Waals surface area contributed by atoms with Crippen molar-refractivity contribution in [3.8, 4) is 23.1 Å². The van der Waals surface area contributed by atoms with E-state index in [9.17, 15) is 0 Å². The second-order valence-electron chi connectivity index (χ2n) is 8.67. The zero-order chi connectivity index (χ0) is 20.6. The lowest BCUT2D eigenvalue weighted by Crippen LogP contribution is -2.32. The fourth-order valence-corrected chi connectivity index (χ4v) is 4.64. The molecule has 7 nitrogen and oxygen atoms in total. The summed E-state index contributed by atoms with van der Waals surface area (Å²) in [5.74, 6) is 1.32. The van der Waals surface area contributed by atoms with E-state index >= 15 is 0 Å². The maximum absolute atomic E-state index is 9.17. The van der Waals surface area contributed by atoms with Crippen LogP contribution in [0.25, 0.3) is 11.3 Å². The number of ether oxygens (including phenoxy) is 1. The average molecular weight is 393 g/mol. The highest BCUT2D eigenvalue weighted by atomic mass is 16.5. The van der Waals surface area contributed by atoms with E-state index in [1.54, 1.807) is 0 Å².